The van der Waals surface area contributed by atoms with Crippen LogP contribution in [0.15, 0.2) is 18.2 Å². The van der Waals surface area contributed by atoms with Crippen molar-refractivity contribution in [3.63, 3.8) is 0 Å². The molecule has 0 spiro atoms. The van der Waals surface area contributed by atoms with E-state index in [-0.39, 0.29) is 35.7 Å². The van der Waals surface area contributed by atoms with Crippen molar-refractivity contribution in [2.45, 2.75) is 50.6 Å². The number of nitrogens with zero attached hydrogens (tertiary/aromatic N) is 5. The second kappa shape index (κ2) is 9.57. The first-order valence-electron chi connectivity index (χ1n) is 11.5. The summed E-state index contributed by atoms with van der Waals surface area (Å²) in [5.74, 6) is -2.14. The molecule has 0 radical (unpaired) electrons. The third-order valence-corrected chi connectivity index (χ3v) is 6.32. The number of benzene rings is 1. The number of hydrogen-bond acceptors (Lipinski definition) is 6. The van der Waals surface area contributed by atoms with E-state index >= 15 is 0 Å². The van der Waals surface area contributed by atoms with Crippen LogP contribution in [0.25, 0.3) is 22.6 Å². The maximum atomic E-state index is 13.6. The van der Waals surface area contributed by atoms with Gasteiger partial charge in [0.15, 0.2) is 0 Å². The molecule has 10 nitrogen and oxygen atoms in total. The standard InChI is InChI=1S/C23H23F6N7O3/c1-21(20(30)38,10-23(27,28)29)31-19(37)15-6-12(9-22(24,25)26)17-13-8-14(18-32-34-35(2)33-18)16(39-3)7-11(13)4-5-36(15)17/h6-8H,4-5,9-10H2,1-3H3,(H2,30,38)(H,31,37)/t21-/m0/s1. The van der Waals surface area contributed by atoms with E-state index in [2.05, 4.69) is 15.4 Å². The molecule has 3 aromatic rings. The van der Waals surface area contributed by atoms with Gasteiger partial charge in [-0.25, -0.2) is 0 Å². The largest absolute Gasteiger partial charge is 0.496 e. The van der Waals surface area contributed by atoms with Gasteiger partial charge in [0, 0.05) is 12.1 Å². The number of aromatic nitrogens is 5. The highest BCUT2D eigenvalue weighted by molar-refractivity contribution is 5.99. The number of aryl methyl sites for hydroxylation is 2. The molecule has 2 amide bonds. The molecule has 1 aromatic carbocycles. The molecule has 0 fully saturated rings. The van der Waals surface area contributed by atoms with Crippen LogP contribution in [0.2, 0.25) is 0 Å². The Morgan fingerprint density at radius 3 is 2.33 bits per heavy atom. The molecular formula is C23H23F6N7O3. The number of hydrogen-bond donors (Lipinski definition) is 2. The van der Waals surface area contributed by atoms with Gasteiger partial charge in [-0.1, -0.05) is 0 Å². The van der Waals surface area contributed by atoms with Crippen LogP contribution in [0.4, 0.5) is 26.3 Å². The Morgan fingerprint density at radius 1 is 1.10 bits per heavy atom. The van der Waals surface area contributed by atoms with E-state index in [1.807, 2.05) is 5.32 Å². The van der Waals surface area contributed by atoms with E-state index in [1.165, 1.54) is 29.6 Å². The van der Waals surface area contributed by atoms with Crippen LogP contribution < -0.4 is 15.8 Å². The molecule has 4 rings (SSSR count). The van der Waals surface area contributed by atoms with Crippen molar-refractivity contribution in [2.24, 2.45) is 12.8 Å². The van der Waals surface area contributed by atoms with Gasteiger partial charge in [0.25, 0.3) is 5.91 Å². The molecule has 1 atom stereocenters. The Balaban J connectivity index is 1.86. The van der Waals surface area contributed by atoms with E-state index in [9.17, 15) is 35.9 Å². The van der Waals surface area contributed by atoms with Crippen LogP contribution in [0, 0.1) is 0 Å². The second-order valence-corrected chi connectivity index (χ2v) is 9.35. The average Bonchev–Trinajstić information content (AvgIpc) is 3.39. The van der Waals surface area contributed by atoms with Crippen LogP contribution in [0.3, 0.4) is 0 Å². The number of methoxy groups -OCH3 is 1. The van der Waals surface area contributed by atoms with Crippen molar-refractivity contribution >= 4 is 11.8 Å². The Bertz CT molecular complexity index is 1440. The number of tetrazole rings is 1. The van der Waals surface area contributed by atoms with E-state index in [0.717, 1.165) is 13.0 Å². The molecule has 3 N–H and O–H groups in total. The third kappa shape index (κ3) is 5.68. The highest BCUT2D eigenvalue weighted by Gasteiger charge is 2.45. The number of ether oxygens (including phenoxy) is 1. The summed E-state index contributed by atoms with van der Waals surface area (Å²) in [6.45, 7) is 0.834. The predicted molar refractivity (Wildman–Crippen MR) is 123 cm³/mol. The molecule has 16 heteroatoms. The molecule has 1 aliphatic rings. The van der Waals surface area contributed by atoms with Crippen LogP contribution >= 0.6 is 0 Å². The fourth-order valence-electron chi connectivity index (χ4n) is 4.62. The smallest absolute Gasteiger partial charge is 0.393 e. The third-order valence-electron chi connectivity index (χ3n) is 6.32. The second-order valence-electron chi connectivity index (χ2n) is 9.35. The van der Waals surface area contributed by atoms with Crippen molar-refractivity contribution in [2.75, 3.05) is 7.11 Å². The zero-order valence-electron chi connectivity index (χ0n) is 20.9. The van der Waals surface area contributed by atoms with Gasteiger partial charge in [-0.05, 0) is 47.9 Å². The summed E-state index contributed by atoms with van der Waals surface area (Å²) >= 11 is 0. The predicted octanol–water partition coefficient (Wildman–Crippen LogP) is 2.94. The Labute approximate surface area is 217 Å². The first-order chi connectivity index (χ1) is 18.0. The zero-order valence-corrected chi connectivity index (χ0v) is 20.9. The lowest BCUT2D eigenvalue weighted by molar-refractivity contribution is -0.156. The fraction of sp³-hybridized carbons (Fsp3) is 0.435. The highest BCUT2D eigenvalue weighted by Crippen LogP contribution is 2.42. The number of rotatable bonds is 7. The van der Waals surface area contributed by atoms with E-state index in [4.69, 9.17) is 10.5 Å². The summed E-state index contributed by atoms with van der Waals surface area (Å²) < 4.78 is 86.8. The van der Waals surface area contributed by atoms with Crippen molar-refractivity contribution in [1.29, 1.82) is 0 Å². The van der Waals surface area contributed by atoms with Crippen LogP contribution in [-0.2, 0) is 31.2 Å². The minimum atomic E-state index is -4.86. The number of nitrogens with one attached hydrogen (secondary N) is 1. The van der Waals surface area contributed by atoms with Gasteiger partial charge in [0.1, 0.15) is 17.0 Å². The van der Waals surface area contributed by atoms with Crippen LogP contribution in [0.1, 0.15) is 35.0 Å². The Hall–Kier alpha value is -4.11. The fourth-order valence-corrected chi connectivity index (χ4v) is 4.62. The molecular weight excluding hydrogens is 536 g/mol. The van der Waals surface area contributed by atoms with Gasteiger partial charge in [-0.2, -0.15) is 31.1 Å². The number of nitrogens with two attached hydrogens (primary N) is 1. The molecule has 2 aromatic heterocycles. The van der Waals surface area contributed by atoms with Crippen molar-refractivity contribution in [1.82, 2.24) is 30.1 Å². The number of carbonyl (C=O) groups excluding carboxylic acids is 2. The summed E-state index contributed by atoms with van der Waals surface area (Å²) in [5.41, 5.74) is 3.30. The molecule has 210 valence electrons. The molecule has 39 heavy (non-hydrogen) atoms. The van der Waals surface area contributed by atoms with Crippen molar-refractivity contribution in [3.8, 4) is 28.4 Å². The minimum Gasteiger partial charge on any atom is -0.496 e. The Kier molecular flexibility index (Phi) is 6.85. The average molecular weight is 559 g/mol. The molecule has 0 saturated carbocycles. The maximum Gasteiger partial charge on any atom is 0.393 e. The minimum absolute atomic E-state index is 0.0292. The topological polar surface area (TPSA) is 130 Å². The van der Waals surface area contributed by atoms with E-state index < -0.39 is 42.5 Å². The van der Waals surface area contributed by atoms with Gasteiger partial charge >= 0.3 is 12.4 Å². The molecule has 0 bridgehead atoms. The lowest BCUT2D eigenvalue weighted by atomic mass is 9.92. The van der Waals surface area contributed by atoms with E-state index in [1.54, 1.807) is 6.07 Å². The highest BCUT2D eigenvalue weighted by atomic mass is 19.4. The number of carbonyl (C=O) groups is 2. The monoisotopic (exact) mass is 559 g/mol. The Morgan fingerprint density at radius 2 is 1.79 bits per heavy atom. The number of primary amides is 1. The molecule has 0 aliphatic carbocycles. The first kappa shape index (κ1) is 27.9. The molecule has 0 saturated heterocycles. The lowest BCUT2D eigenvalue weighted by Gasteiger charge is -2.29. The summed E-state index contributed by atoms with van der Waals surface area (Å²) in [6.07, 6.45) is -12.5. The lowest BCUT2D eigenvalue weighted by Crippen LogP contribution is -2.57. The number of fused-ring (bicyclic) bond motifs is 3. The van der Waals surface area contributed by atoms with Crippen molar-refractivity contribution in [3.05, 3.63) is 35.0 Å². The number of amides is 2. The van der Waals surface area contributed by atoms with Gasteiger partial charge in [-0.3, -0.25) is 9.59 Å². The number of halogens is 6. The van der Waals surface area contributed by atoms with Gasteiger partial charge in [0.05, 0.1) is 38.3 Å². The van der Waals surface area contributed by atoms with Crippen LogP contribution in [0.5, 0.6) is 5.75 Å². The van der Waals surface area contributed by atoms with E-state index in [0.29, 0.717) is 22.4 Å². The van der Waals surface area contributed by atoms with Gasteiger partial charge in [-0.15, -0.1) is 10.2 Å². The first-order valence-corrected chi connectivity index (χ1v) is 11.5. The summed E-state index contributed by atoms with van der Waals surface area (Å²) in [4.78, 5) is 26.2. The van der Waals surface area contributed by atoms with Gasteiger partial charge < -0.3 is 20.4 Å². The molecule has 0 unspecified atom stereocenters. The number of alkyl halides is 6. The SMILES string of the molecule is COc1cc2c(cc1-c1nnn(C)n1)-c1c(CC(F)(F)F)cc(C(=O)N[C@@](C)(CC(F)(F)F)C(N)=O)n1CC2. The van der Waals surface area contributed by atoms with Crippen LogP contribution in [-0.4, -0.2) is 61.6 Å². The summed E-state index contributed by atoms with van der Waals surface area (Å²) in [6, 6.07) is 4.11. The van der Waals surface area contributed by atoms with Crippen molar-refractivity contribution < 1.29 is 40.7 Å². The summed E-state index contributed by atoms with van der Waals surface area (Å²) in [5, 5.41) is 13.8. The molecule has 3 heterocycles. The molecule has 1 aliphatic heterocycles. The quantitative estimate of drug-likeness (QED) is 0.429. The zero-order chi connectivity index (χ0) is 28.9. The normalized spacial score (nSPS) is 14.8. The maximum absolute atomic E-state index is 13.6. The summed E-state index contributed by atoms with van der Waals surface area (Å²) in [7, 11) is 2.93. The van der Waals surface area contributed by atoms with Gasteiger partial charge in [0.2, 0.25) is 11.7 Å².